The predicted octanol–water partition coefficient (Wildman–Crippen LogP) is 6.64. The van der Waals surface area contributed by atoms with Gasteiger partial charge in [0.15, 0.2) is 12.1 Å². The third kappa shape index (κ3) is 9.54. The molecule has 8 heteroatoms. The van der Waals surface area contributed by atoms with Crippen LogP contribution in [0.5, 0.6) is 0 Å². The molecular weight excluding hydrogens is 468 g/mol. The fourth-order valence-electron chi connectivity index (χ4n) is 4.62. The van der Waals surface area contributed by atoms with Gasteiger partial charge in [-0.15, -0.1) is 0 Å². The summed E-state index contributed by atoms with van der Waals surface area (Å²) < 4.78 is 24.3. The predicted molar refractivity (Wildman–Crippen MR) is 139 cm³/mol. The van der Waals surface area contributed by atoms with E-state index in [1.807, 2.05) is 13.8 Å². The van der Waals surface area contributed by atoms with Gasteiger partial charge >= 0.3 is 6.03 Å². The quantitative estimate of drug-likeness (QED) is 0.258. The first kappa shape index (κ1) is 28.2. The van der Waals surface area contributed by atoms with E-state index in [1.54, 1.807) is 24.3 Å². The van der Waals surface area contributed by atoms with Gasteiger partial charge in [0.25, 0.3) is 0 Å². The topological polar surface area (TPSA) is 78.1 Å². The monoisotopic (exact) mass is 510 g/mol. The van der Waals surface area contributed by atoms with Gasteiger partial charge < -0.3 is 29.6 Å². The van der Waals surface area contributed by atoms with Gasteiger partial charge in [-0.2, -0.15) is 0 Å². The van der Waals surface area contributed by atoms with Gasteiger partial charge in [-0.25, -0.2) is 4.79 Å². The van der Waals surface area contributed by atoms with Crippen LogP contribution in [0.2, 0.25) is 5.02 Å². The molecule has 2 aliphatic heterocycles. The van der Waals surface area contributed by atoms with Crippen LogP contribution in [-0.2, 0) is 18.9 Å². The number of amides is 2. The number of unbranched alkanes of at least 4 members (excludes halogenated alkanes) is 9. The highest BCUT2D eigenvalue weighted by atomic mass is 35.5. The van der Waals surface area contributed by atoms with Crippen LogP contribution in [0, 0.1) is 0 Å². The molecule has 0 bridgehead atoms. The van der Waals surface area contributed by atoms with Gasteiger partial charge in [-0.1, -0.05) is 76.3 Å². The maximum atomic E-state index is 12.4. The van der Waals surface area contributed by atoms with Crippen LogP contribution in [0.4, 0.5) is 10.5 Å². The van der Waals surface area contributed by atoms with Crippen LogP contribution < -0.4 is 10.6 Å². The number of halogens is 1. The van der Waals surface area contributed by atoms with E-state index in [9.17, 15) is 4.79 Å². The van der Waals surface area contributed by atoms with Gasteiger partial charge in [-0.05, 0) is 44.5 Å². The van der Waals surface area contributed by atoms with E-state index in [-0.39, 0.29) is 24.3 Å². The van der Waals surface area contributed by atoms with Crippen LogP contribution in [0.3, 0.4) is 0 Å². The van der Waals surface area contributed by atoms with Crippen molar-refractivity contribution in [2.24, 2.45) is 0 Å². The van der Waals surface area contributed by atoms with Crippen LogP contribution in [0.25, 0.3) is 0 Å². The molecule has 35 heavy (non-hydrogen) atoms. The summed E-state index contributed by atoms with van der Waals surface area (Å²) in [6.45, 7) is 6.94. The molecule has 4 atom stereocenters. The number of hydrogen-bond acceptors (Lipinski definition) is 5. The second-order valence-electron chi connectivity index (χ2n) is 10.0. The summed E-state index contributed by atoms with van der Waals surface area (Å²) in [6, 6.07) is 6.64. The minimum absolute atomic E-state index is 0.294. The highest BCUT2D eigenvalue weighted by Gasteiger charge is 2.55. The molecule has 198 valence electrons. The molecule has 1 aromatic rings. The first-order valence-corrected chi connectivity index (χ1v) is 13.7. The maximum absolute atomic E-state index is 12.4. The Morgan fingerprint density at radius 2 is 1.60 bits per heavy atom. The molecule has 2 heterocycles. The van der Waals surface area contributed by atoms with Crippen LogP contribution in [-0.4, -0.2) is 49.6 Å². The Kier molecular flexibility index (Phi) is 11.6. The number of carbonyl (C=O) groups is 1. The van der Waals surface area contributed by atoms with Gasteiger partial charge in [0, 0.05) is 23.9 Å². The van der Waals surface area contributed by atoms with Crippen molar-refractivity contribution in [1.29, 1.82) is 0 Å². The van der Waals surface area contributed by atoms with E-state index in [1.165, 1.54) is 51.4 Å². The lowest BCUT2D eigenvalue weighted by atomic mass is 10.1. The Bertz CT molecular complexity index is 760. The fourth-order valence-corrected chi connectivity index (χ4v) is 4.75. The summed E-state index contributed by atoms with van der Waals surface area (Å²) >= 11 is 5.90. The number of benzene rings is 1. The highest BCUT2D eigenvalue weighted by Crippen LogP contribution is 2.38. The van der Waals surface area contributed by atoms with E-state index in [0.29, 0.717) is 23.9 Å². The molecule has 2 N–H and O–H groups in total. The molecule has 2 fully saturated rings. The molecule has 7 nitrogen and oxygen atoms in total. The van der Waals surface area contributed by atoms with Gasteiger partial charge in [0.05, 0.1) is 0 Å². The fraction of sp³-hybridized carbons (Fsp3) is 0.741. The largest absolute Gasteiger partial charge is 0.373 e. The van der Waals surface area contributed by atoms with Crippen molar-refractivity contribution in [3.8, 4) is 0 Å². The minimum Gasteiger partial charge on any atom is -0.373 e. The van der Waals surface area contributed by atoms with Crippen LogP contribution >= 0.6 is 11.6 Å². The Balaban J connectivity index is 1.37. The third-order valence-corrected chi connectivity index (χ3v) is 6.71. The van der Waals surface area contributed by atoms with E-state index in [0.717, 1.165) is 12.8 Å². The number of anilines is 1. The molecule has 0 unspecified atom stereocenters. The summed E-state index contributed by atoms with van der Waals surface area (Å²) in [5.74, 6) is -0.710. The lowest BCUT2D eigenvalue weighted by molar-refractivity contribution is -0.217. The Morgan fingerprint density at radius 3 is 2.26 bits per heavy atom. The van der Waals surface area contributed by atoms with Gasteiger partial charge in [0.1, 0.15) is 18.3 Å². The molecule has 0 aromatic heterocycles. The molecule has 2 aliphatic rings. The molecule has 0 saturated carbocycles. The number of nitrogens with one attached hydrogen (secondary N) is 2. The standard InChI is InChI=1S/C27H43ClN2O5/c1-4-5-6-7-8-9-10-11-12-13-18-32-23-22(33-25-24(23)34-27(2,3)35-25)19-29-26(31)30-21-16-14-20(28)15-17-21/h14-17,22-25H,4-13,18-19H2,1-3H3,(H2,29,30,31)/t22-,23+,24-,25-/m1/s1. The maximum Gasteiger partial charge on any atom is 0.319 e. The molecular formula is C27H43ClN2O5. The van der Waals surface area contributed by atoms with Crippen molar-refractivity contribution in [2.45, 2.75) is 115 Å². The van der Waals surface area contributed by atoms with E-state index in [4.69, 9.17) is 30.5 Å². The Morgan fingerprint density at radius 1 is 0.971 bits per heavy atom. The zero-order valence-electron chi connectivity index (χ0n) is 21.5. The SMILES string of the molecule is CCCCCCCCCCCCO[C@@H]1[C@H]2OC(C)(C)O[C@H]2O[C@@H]1CNC(=O)Nc1ccc(Cl)cc1. The molecule has 0 aliphatic carbocycles. The average molecular weight is 511 g/mol. The van der Waals surface area contributed by atoms with Gasteiger partial charge in [0.2, 0.25) is 0 Å². The number of rotatable bonds is 15. The van der Waals surface area contributed by atoms with Crippen molar-refractivity contribution in [3.63, 3.8) is 0 Å². The van der Waals surface area contributed by atoms with Crippen LogP contribution in [0.1, 0.15) is 85.0 Å². The first-order valence-electron chi connectivity index (χ1n) is 13.3. The smallest absolute Gasteiger partial charge is 0.319 e. The summed E-state index contributed by atoms with van der Waals surface area (Å²) in [5.41, 5.74) is 0.665. The number of urea groups is 1. The zero-order valence-corrected chi connectivity index (χ0v) is 22.3. The van der Waals surface area contributed by atoms with Crippen molar-refractivity contribution in [3.05, 3.63) is 29.3 Å². The third-order valence-electron chi connectivity index (χ3n) is 6.46. The lowest BCUT2D eigenvalue weighted by Gasteiger charge is -2.26. The summed E-state index contributed by atoms with van der Waals surface area (Å²) in [7, 11) is 0. The molecule has 3 rings (SSSR count). The second kappa shape index (κ2) is 14.4. The molecule has 1 aromatic carbocycles. The Hall–Kier alpha value is -1.38. The average Bonchev–Trinajstić information content (AvgIpc) is 3.29. The number of ether oxygens (including phenoxy) is 4. The van der Waals surface area contributed by atoms with Crippen molar-refractivity contribution >= 4 is 23.3 Å². The van der Waals surface area contributed by atoms with Crippen molar-refractivity contribution in [2.75, 3.05) is 18.5 Å². The van der Waals surface area contributed by atoms with Crippen molar-refractivity contribution in [1.82, 2.24) is 5.32 Å². The Labute approximate surface area is 215 Å². The first-order chi connectivity index (χ1) is 16.9. The van der Waals surface area contributed by atoms with E-state index in [2.05, 4.69) is 17.6 Å². The molecule has 0 radical (unpaired) electrons. The summed E-state index contributed by atoms with van der Waals surface area (Å²) in [6.07, 6.45) is 11.3. The van der Waals surface area contributed by atoms with E-state index >= 15 is 0 Å². The van der Waals surface area contributed by atoms with Gasteiger partial charge in [-0.3, -0.25) is 0 Å². The summed E-state index contributed by atoms with van der Waals surface area (Å²) in [4.78, 5) is 12.4. The second-order valence-corrected chi connectivity index (χ2v) is 10.4. The zero-order chi connectivity index (χ0) is 25.1. The minimum atomic E-state index is -0.710. The van der Waals surface area contributed by atoms with Crippen LogP contribution in [0.15, 0.2) is 24.3 Å². The van der Waals surface area contributed by atoms with E-state index < -0.39 is 12.1 Å². The number of fused-ring (bicyclic) bond motifs is 1. The normalized spacial score (nSPS) is 24.9. The lowest BCUT2D eigenvalue weighted by Crippen LogP contribution is -2.44. The number of carbonyl (C=O) groups excluding carboxylic acids is 1. The molecule has 2 amide bonds. The number of hydrogen-bond donors (Lipinski definition) is 2. The highest BCUT2D eigenvalue weighted by molar-refractivity contribution is 6.30. The summed E-state index contributed by atoms with van der Waals surface area (Å²) in [5, 5.41) is 6.28. The van der Waals surface area contributed by atoms with Crippen molar-refractivity contribution < 1.29 is 23.7 Å². The molecule has 2 saturated heterocycles. The molecule has 0 spiro atoms.